The van der Waals surface area contributed by atoms with Gasteiger partial charge in [-0.15, -0.1) is 0 Å². The summed E-state index contributed by atoms with van der Waals surface area (Å²) in [5.41, 5.74) is 1.78. The van der Waals surface area contributed by atoms with Crippen LogP contribution in [-0.4, -0.2) is 60.2 Å². The van der Waals surface area contributed by atoms with Crippen LogP contribution in [0.1, 0.15) is 41.8 Å². The number of aromatic nitrogens is 2. The Labute approximate surface area is 212 Å². The number of H-pyrrole nitrogens is 1. The first kappa shape index (κ1) is 25.2. The summed E-state index contributed by atoms with van der Waals surface area (Å²) >= 11 is 0. The largest absolute Gasteiger partial charge is 0.492 e. The van der Waals surface area contributed by atoms with Crippen LogP contribution in [0.15, 0.2) is 24.4 Å². The second-order valence-corrected chi connectivity index (χ2v) is 9.70. The molecule has 198 valence electrons. The SMILES string of the molecule is CC(C)CNc1cc(Nc2ccc(C(=O)N3CCOCC3)c3c2CCCO3)nc2[nH]cc(C(F)(F)F)c12. The number of halogens is 3. The van der Waals surface area contributed by atoms with Crippen molar-refractivity contribution in [1.82, 2.24) is 14.9 Å². The Morgan fingerprint density at radius 2 is 1.97 bits per heavy atom. The zero-order chi connectivity index (χ0) is 26.2. The Balaban J connectivity index is 1.51. The minimum atomic E-state index is -4.51. The van der Waals surface area contributed by atoms with Crippen molar-refractivity contribution in [2.24, 2.45) is 5.92 Å². The molecule has 5 rings (SSSR count). The van der Waals surface area contributed by atoms with E-state index >= 15 is 0 Å². The predicted octanol–water partition coefficient (Wildman–Crippen LogP) is 5.19. The molecule has 4 heterocycles. The molecule has 11 heteroatoms. The molecule has 0 radical (unpaired) electrons. The fourth-order valence-corrected chi connectivity index (χ4v) is 4.70. The van der Waals surface area contributed by atoms with Gasteiger partial charge in [-0.25, -0.2) is 4.98 Å². The number of aromatic amines is 1. The third-order valence-corrected chi connectivity index (χ3v) is 6.52. The van der Waals surface area contributed by atoms with Crippen molar-refractivity contribution < 1.29 is 27.4 Å². The molecule has 1 amide bonds. The highest BCUT2D eigenvalue weighted by atomic mass is 19.4. The molecule has 1 aromatic carbocycles. The van der Waals surface area contributed by atoms with E-state index in [0.717, 1.165) is 18.2 Å². The van der Waals surface area contributed by atoms with Crippen molar-refractivity contribution in [2.45, 2.75) is 32.9 Å². The van der Waals surface area contributed by atoms with Crippen LogP contribution in [0, 0.1) is 5.92 Å². The first-order valence-electron chi connectivity index (χ1n) is 12.5. The molecule has 2 aliphatic rings. The fourth-order valence-electron chi connectivity index (χ4n) is 4.70. The molecule has 1 saturated heterocycles. The van der Waals surface area contributed by atoms with Crippen LogP contribution in [0.4, 0.5) is 30.4 Å². The van der Waals surface area contributed by atoms with Crippen LogP contribution in [0.3, 0.4) is 0 Å². The van der Waals surface area contributed by atoms with Gasteiger partial charge in [0.25, 0.3) is 5.91 Å². The van der Waals surface area contributed by atoms with Crippen LogP contribution in [-0.2, 0) is 17.3 Å². The molecule has 0 saturated carbocycles. The molecule has 3 N–H and O–H groups in total. The zero-order valence-electron chi connectivity index (χ0n) is 20.8. The van der Waals surface area contributed by atoms with Gasteiger partial charge < -0.3 is 30.0 Å². The molecule has 8 nitrogen and oxygen atoms in total. The third kappa shape index (κ3) is 5.18. The minimum absolute atomic E-state index is 0.00974. The summed E-state index contributed by atoms with van der Waals surface area (Å²) in [5.74, 6) is 1.06. The molecule has 2 aromatic heterocycles. The van der Waals surface area contributed by atoms with Crippen molar-refractivity contribution in [3.05, 3.63) is 41.1 Å². The lowest BCUT2D eigenvalue weighted by molar-refractivity contribution is -0.136. The summed E-state index contributed by atoms with van der Waals surface area (Å²) in [7, 11) is 0. The second kappa shape index (κ2) is 10.1. The van der Waals surface area contributed by atoms with Crippen LogP contribution in [0.2, 0.25) is 0 Å². The van der Waals surface area contributed by atoms with E-state index in [1.54, 1.807) is 17.0 Å². The van der Waals surface area contributed by atoms with Crippen LogP contribution >= 0.6 is 0 Å². The number of morpholine rings is 1. The van der Waals surface area contributed by atoms with Gasteiger partial charge in [0.15, 0.2) is 0 Å². The maximum atomic E-state index is 13.7. The number of carbonyl (C=O) groups is 1. The van der Waals surface area contributed by atoms with Crippen LogP contribution in [0.5, 0.6) is 5.75 Å². The highest BCUT2D eigenvalue weighted by molar-refractivity contribution is 5.99. The monoisotopic (exact) mass is 517 g/mol. The maximum Gasteiger partial charge on any atom is 0.418 e. The Kier molecular flexibility index (Phi) is 6.89. The van der Waals surface area contributed by atoms with Gasteiger partial charge in [-0.05, 0) is 30.9 Å². The summed E-state index contributed by atoms with van der Waals surface area (Å²) < 4.78 is 52.3. The predicted molar refractivity (Wildman–Crippen MR) is 135 cm³/mol. The number of hydrogen-bond acceptors (Lipinski definition) is 6. The van der Waals surface area contributed by atoms with Gasteiger partial charge in [0.2, 0.25) is 0 Å². The molecule has 0 atom stereocenters. The highest BCUT2D eigenvalue weighted by Crippen LogP contribution is 2.40. The molecule has 0 aliphatic carbocycles. The lowest BCUT2D eigenvalue weighted by Crippen LogP contribution is -2.41. The normalized spacial score (nSPS) is 16.0. The number of rotatable bonds is 6. The Bertz CT molecular complexity index is 1300. The lowest BCUT2D eigenvalue weighted by Gasteiger charge is -2.29. The second-order valence-electron chi connectivity index (χ2n) is 9.70. The average Bonchev–Trinajstić information content (AvgIpc) is 3.32. The van der Waals surface area contributed by atoms with Gasteiger partial charge >= 0.3 is 6.18 Å². The molecule has 1 fully saturated rings. The molecule has 37 heavy (non-hydrogen) atoms. The number of benzene rings is 1. The molecular formula is C26H30F3N5O3. The van der Waals surface area contributed by atoms with Gasteiger partial charge in [-0.2, -0.15) is 13.2 Å². The smallest absolute Gasteiger partial charge is 0.418 e. The molecule has 0 unspecified atom stereocenters. The first-order valence-corrected chi connectivity index (χ1v) is 12.5. The van der Waals surface area contributed by atoms with Crippen LogP contribution in [0.25, 0.3) is 11.0 Å². The summed E-state index contributed by atoms with van der Waals surface area (Å²) in [6.07, 6.45) is -2.08. The fraction of sp³-hybridized carbons (Fsp3) is 0.462. The van der Waals surface area contributed by atoms with Crippen molar-refractivity contribution in [1.29, 1.82) is 0 Å². The van der Waals surface area contributed by atoms with Gasteiger partial charge in [0.05, 0.1) is 36.3 Å². The molecular weight excluding hydrogens is 487 g/mol. The van der Waals surface area contributed by atoms with Gasteiger partial charge in [-0.3, -0.25) is 4.79 Å². The van der Waals surface area contributed by atoms with Crippen molar-refractivity contribution in [3.63, 3.8) is 0 Å². The number of ether oxygens (including phenoxy) is 2. The van der Waals surface area contributed by atoms with E-state index in [1.807, 2.05) is 19.9 Å². The molecule has 3 aromatic rings. The first-order chi connectivity index (χ1) is 17.7. The molecule has 0 bridgehead atoms. The molecule has 2 aliphatic heterocycles. The molecule has 0 spiro atoms. The van der Waals surface area contributed by atoms with E-state index in [0.29, 0.717) is 74.4 Å². The summed E-state index contributed by atoms with van der Waals surface area (Å²) in [6, 6.07) is 5.14. The summed E-state index contributed by atoms with van der Waals surface area (Å²) in [5, 5.41) is 6.43. The van der Waals surface area contributed by atoms with E-state index in [4.69, 9.17) is 9.47 Å². The Morgan fingerprint density at radius 3 is 2.70 bits per heavy atom. The highest BCUT2D eigenvalue weighted by Gasteiger charge is 2.35. The van der Waals surface area contributed by atoms with Gasteiger partial charge in [0.1, 0.15) is 17.2 Å². The third-order valence-electron chi connectivity index (χ3n) is 6.52. The number of alkyl halides is 3. The Morgan fingerprint density at radius 1 is 1.19 bits per heavy atom. The number of hydrogen-bond donors (Lipinski definition) is 3. The van der Waals surface area contributed by atoms with E-state index in [1.165, 1.54) is 0 Å². The topological polar surface area (TPSA) is 91.5 Å². The number of anilines is 3. The van der Waals surface area contributed by atoms with Gasteiger partial charge in [-0.1, -0.05) is 13.8 Å². The number of carbonyl (C=O) groups excluding carboxylic acids is 1. The summed E-state index contributed by atoms with van der Waals surface area (Å²) in [6.45, 7) is 7.05. The number of nitrogens with zero attached hydrogens (tertiary/aromatic N) is 2. The zero-order valence-corrected chi connectivity index (χ0v) is 20.8. The maximum absolute atomic E-state index is 13.7. The van der Waals surface area contributed by atoms with Crippen molar-refractivity contribution in [3.8, 4) is 5.75 Å². The number of pyridine rings is 1. The quantitative estimate of drug-likeness (QED) is 0.417. The lowest BCUT2D eigenvalue weighted by atomic mass is 9.99. The number of amides is 1. The van der Waals surface area contributed by atoms with E-state index in [-0.39, 0.29) is 22.9 Å². The average molecular weight is 518 g/mol. The number of nitrogens with one attached hydrogen (secondary N) is 3. The van der Waals surface area contributed by atoms with Gasteiger partial charge in [0, 0.05) is 48.8 Å². The minimum Gasteiger partial charge on any atom is -0.492 e. The van der Waals surface area contributed by atoms with Crippen molar-refractivity contribution in [2.75, 3.05) is 50.1 Å². The Hall–Kier alpha value is -3.47. The van der Waals surface area contributed by atoms with E-state index in [2.05, 4.69) is 20.6 Å². The van der Waals surface area contributed by atoms with Crippen LogP contribution < -0.4 is 15.4 Å². The standard InChI is InChI=1S/C26H30F3N5O3/c1-15(2)13-30-20-12-21(33-24-22(20)18(14-31-24)26(27,28)29)32-19-6-5-17(23-16(19)4-3-9-37-23)25(35)34-7-10-36-11-8-34/h5-6,12,14-15H,3-4,7-11,13H2,1-2H3,(H3,30,31,32,33). The number of fused-ring (bicyclic) bond motifs is 2. The van der Waals surface area contributed by atoms with Crippen molar-refractivity contribution >= 4 is 34.1 Å². The van der Waals surface area contributed by atoms with E-state index in [9.17, 15) is 18.0 Å². The van der Waals surface area contributed by atoms with E-state index < -0.39 is 11.7 Å². The summed E-state index contributed by atoms with van der Waals surface area (Å²) in [4.78, 5) is 22.1.